The van der Waals surface area contributed by atoms with Gasteiger partial charge in [-0.25, -0.2) is 14.4 Å². The Kier molecular flexibility index (Phi) is 4.69. The number of benzene rings is 1. The lowest BCUT2D eigenvalue weighted by Crippen LogP contribution is -2.01. The first-order valence-electron chi connectivity index (χ1n) is 9.00. The molecular formula is C21H21FN2O2. The van der Waals surface area contributed by atoms with Gasteiger partial charge in [0.15, 0.2) is 5.89 Å². The maximum atomic E-state index is 14.5. The Balaban J connectivity index is 1.53. The standard InChI is InChI=1S/C21H21FN2O2/c1-14-6-4-9-17(19(14)22)18-10-5-11-23-21(18)26-13-16-12-25-20(24-16)15-7-2-3-8-15/h4-6,9-12,15H,2-3,7-8,13H2,1H3. The molecule has 0 atom stereocenters. The zero-order chi connectivity index (χ0) is 17.9. The number of halogens is 1. The van der Waals surface area contributed by atoms with Gasteiger partial charge < -0.3 is 9.15 Å². The zero-order valence-electron chi connectivity index (χ0n) is 14.7. The Morgan fingerprint density at radius 2 is 1.96 bits per heavy atom. The molecule has 1 fully saturated rings. The van der Waals surface area contributed by atoms with Gasteiger partial charge in [0.05, 0.1) is 0 Å². The van der Waals surface area contributed by atoms with Crippen LogP contribution in [0.15, 0.2) is 47.2 Å². The molecule has 134 valence electrons. The number of nitrogens with zero attached hydrogens (tertiary/aromatic N) is 2. The highest BCUT2D eigenvalue weighted by Gasteiger charge is 2.22. The third-order valence-electron chi connectivity index (χ3n) is 4.88. The lowest BCUT2D eigenvalue weighted by Gasteiger charge is -2.11. The van der Waals surface area contributed by atoms with Gasteiger partial charge in [0.25, 0.3) is 0 Å². The average Bonchev–Trinajstić information content (AvgIpc) is 3.34. The van der Waals surface area contributed by atoms with Crippen molar-refractivity contribution in [3.8, 4) is 17.0 Å². The molecule has 0 bridgehead atoms. The summed E-state index contributed by atoms with van der Waals surface area (Å²) in [6, 6.07) is 8.90. The topological polar surface area (TPSA) is 48.2 Å². The first-order valence-corrected chi connectivity index (χ1v) is 9.00. The fourth-order valence-corrected chi connectivity index (χ4v) is 3.46. The second-order valence-electron chi connectivity index (χ2n) is 6.74. The molecule has 4 nitrogen and oxygen atoms in total. The van der Waals surface area contributed by atoms with Crippen LogP contribution >= 0.6 is 0 Å². The van der Waals surface area contributed by atoms with E-state index in [0.717, 1.165) is 24.4 Å². The summed E-state index contributed by atoms with van der Waals surface area (Å²) < 4.78 is 26.0. The number of hydrogen-bond acceptors (Lipinski definition) is 4. The Morgan fingerprint density at radius 3 is 2.81 bits per heavy atom. The van der Waals surface area contributed by atoms with Crippen LogP contribution in [0.5, 0.6) is 5.88 Å². The Morgan fingerprint density at radius 1 is 1.15 bits per heavy atom. The predicted octanol–water partition coefficient (Wildman–Crippen LogP) is 5.42. The minimum atomic E-state index is -0.254. The smallest absolute Gasteiger partial charge is 0.221 e. The lowest BCUT2D eigenvalue weighted by molar-refractivity contribution is 0.290. The van der Waals surface area contributed by atoms with Crippen LogP contribution in [0.4, 0.5) is 4.39 Å². The summed E-state index contributed by atoms with van der Waals surface area (Å²) in [6.45, 7) is 1.99. The Labute approximate surface area is 152 Å². The SMILES string of the molecule is Cc1cccc(-c2cccnc2OCc2coc(C3CCCC3)n2)c1F. The van der Waals surface area contributed by atoms with Crippen molar-refractivity contribution in [3.05, 3.63) is 65.8 Å². The fourth-order valence-electron chi connectivity index (χ4n) is 3.46. The van der Waals surface area contributed by atoms with Crippen molar-refractivity contribution in [1.82, 2.24) is 9.97 Å². The fraction of sp³-hybridized carbons (Fsp3) is 0.333. The summed E-state index contributed by atoms with van der Waals surface area (Å²) in [5.41, 5.74) is 2.44. The monoisotopic (exact) mass is 352 g/mol. The number of ether oxygens (including phenoxy) is 1. The molecule has 2 aromatic heterocycles. The van der Waals surface area contributed by atoms with Crippen LogP contribution in [0.25, 0.3) is 11.1 Å². The van der Waals surface area contributed by atoms with E-state index in [4.69, 9.17) is 9.15 Å². The molecule has 3 aromatic rings. The molecule has 0 unspecified atom stereocenters. The highest BCUT2D eigenvalue weighted by atomic mass is 19.1. The second-order valence-corrected chi connectivity index (χ2v) is 6.74. The van der Waals surface area contributed by atoms with E-state index in [2.05, 4.69) is 9.97 Å². The molecule has 2 heterocycles. The highest BCUT2D eigenvalue weighted by Crippen LogP contribution is 2.34. The molecule has 1 aliphatic rings. The van der Waals surface area contributed by atoms with Crippen LogP contribution in [0, 0.1) is 12.7 Å². The number of hydrogen-bond donors (Lipinski definition) is 0. The third kappa shape index (κ3) is 3.34. The number of aryl methyl sites for hydroxylation is 1. The lowest BCUT2D eigenvalue weighted by atomic mass is 10.0. The summed E-state index contributed by atoms with van der Waals surface area (Å²) in [5, 5.41) is 0. The van der Waals surface area contributed by atoms with Crippen LogP contribution in [0.3, 0.4) is 0 Å². The maximum Gasteiger partial charge on any atom is 0.221 e. The molecule has 0 spiro atoms. The Hall–Kier alpha value is -2.69. The van der Waals surface area contributed by atoms with Crippen LogP contribution < -0.4 is 4.74 Å². The van der Waals surface area contributed by atoms with Crippen molar-refractivity contribution in [2.24, 2.45) is 0 Å². The molecule has 26 heavy (non-hydrogen) atoms. The van der Waals surface area contributed by atoms with Crippen molar-refractivity contribution in [3.63, 3.8) is 0 Å². The number of pyridine rings is 1. The van der Waals surface area contributed by atoms with Crippen molar-refractivity contribution in [1.29, 1.82) is 0 Å². The molecule has 5 heteroatoms. The molecule has 0 radical (unpaired) electrons. The summed E-state index contributed by atoms with van der Waals surface area (Å²) in [7, 11) is 0. The molecule has 0 aliphatic heterocycles. The molecule has 1 saturated carbocycles. The van der Waals surface area contributed by atoms with Gasteiger partial charge in [-0.05, 0) is 37.5 Å². The maximum absolute atomic E-state index is 14.5. The van der Waals surface area contributed by atoms with Crippen LogP contribution in [0.1, 0.15) is 48.7 Å². The molecule has 1 aliphatic carbocycles. The van der Waals surface area contributed by atoms with E-state index < -0.39 is 0 Å². The van der Waals surface area contributed by atoms with Crippen LogP contribution in [-0.4, -0.2) is 9.97 Å². The van der Waals surface area contributed by atoms with Gasteiger partial charge in [0.2, 0.25) is 5.88 Å². The number of oxazole rings is 1. The van der Waals surface area contributed by atoms with E-state index in [-0.39, 0.29) is 12.4 Å². The van der Waals surface area contributed by atoms with Gasteiger partial charge in [-0.2, -0.15) is 0 Å². The van der Waals surface area contributed by atoms with Crippen molar-refractivity contribution < 1.29 is 13.5 Å². The number of aromatic nitrogens is 2. The van der Waals surface area contributed by atoms with Crippen molar-refractivity contribution in [2.75, 3.05) is 0 Å². The van der Waals surface area contributed by atoms with Gasteiger partial charge >= 0.3 is 0 Å². The summed E-state index contributed by atoms with van der Waals surface area (Å²) >= 11 is 0. The predicted molar refractivity (Wildman–Crippen MR) is 96.4 cm³/mol. The van der Waals surface area contributed by atoms with E-state index in [1.165, 1.54) is 12.8 Å². The Bertz CT molecular complexity index is 901. The van der Waals surface area contributed by atoms with E-state index in [0.29, 0.717) is 28.5 Å². The highest BCUT2D eigenvalue weighted by molar-refractivity contribution is 5.69. The van der Waals surface area contributed by atoms with Gasteiger partial charge in [-0.3, -0.25) is 0 Å². The quantitative estimate of drug-likeness (QED) is 0.615. The molecular weight excluding hydrogens is 331 g/mol. The van der Waals surface area contributed by atoms with Gasteiger partial charge in [-0.15, -0.1) is 0 Å². The second kappa shape index (κ2) is 7.28. The van der Waals surface area contributed by atoms with Crippen molar-refractivity contribution >= 4 is 0 Å². The van der Waals surface area contributed by atoms with E-state index >= 15 is 0 Å². The molecule has 0 N–H and O–H groups in total. The minimum Gasteiger partial charge on any atom is -0.471 e. The molecule has 0 amide bonds. The minimum absolute atomic E-state index is 0.244. The van der Waals surface area contributed by atoms with Gasteiger partial charge in [0.1, 0.15) is 24.4 Å². The van der Waals surface area contributed by atoms with Crippen molar-refractivity contribution in [2.45, 2.75) is 45.1 Å². The molecule has 1 aromatic carbocycles. The summed E-state index contributed by atoms with van der Waals surface area (Å²) in [4.78, 5) is 8.83. The van der Waals surface area contributed by atoms with E-state index in [9.17, 15) is 4.39 Å². The summed E-state index contributed by atoms with van der Waals surface area (Å²) in [6.07, 6.45) is 8.02. The van der Waals surface area contributed by atoms with Gasteiger partial charge in [-0.1, -0.05) is 31.0 Å². The van der Waals surface area contributed by atoms with Crippen LogP contribution in [-0.2, 0) is 6.61 Å². The van der Waals surface area contributed by atoms with Crippen LogP contribution in [0.2, 0.25) is 0 Å². The van der Waals surface area contributed by atoms with E-state index in [1.807, 2.05) is 12.1 Å². The number of rotatable bonds is 5. The molecule has 0 saturated heterocycles. The largest absolute Gasteiger partial charge is 0.471 e. The first-order chi connectivity index (χ1) is 12.7. The molecule has 4 rings (SSSR count). The average molecular weight is 352 g/mol. The third-order valence-corrected chi connectivity index (χ3v) is 4.88. The van der Waals surface area contributed by atoms with E-state index in [1.54, 1.807) is 37.6 Å². The first kappa shape index (κ1) is 16.8. The summed E-state index contributed by atoms with van der Waals surface area (Å²) in [5.74, 6) is 1.36. The van der Waals surface area contributed by atoms with Gasteiger partial charge in [0, 0.05) is 23.2 Å². The zero-order valence-corrected chi connectivity index (χ0v) is 14.7. The normalized spacial score (nSPS) is 14.7.